The molecule has 3 N–H and O–H groups in total. The summed E-state index contributed by atoms with van der Waals surface area (Å²) < 4.78 is 0. The minimum absolute atomic E-state index is 0.191. The number of nitrogens with one attached hydrogen (secondary N) is 1. The van der Waals surface area contributed by atoms with Gasteiger partial charge in [0, 0.05) is 19.3 Å². The zero-order chi connectivity index (χ0) is 14.4. The van der Waals surface area contributed by atoms with E-state index in [-0.39, 0.29) is 5.56 Å². The first-order valence-corrected chi connectivity index (χ1v) is 7.20. The van der Waals surface area contributed by atoms with Gasteiger partial charge in [-0.05, 0) is 25.0 Å². The summed E-state index contributed by atoms with van der Waals surface area (Å²) in [4.78, 5) is 14.8. The number of aromatic nitrogens is 1. The lowest BCUT2D eigenvalue weighted by Gasteiger charge is -2.26. The molecule has 0 radical (unpaired) electrons. The molecule has 1 aliphatic rings. The van der Waals surface area contributed by atoms with Crippen LogP contribution in [0.25, 0.3) is 0 Å². The highest BCUT2D eigenvalue weighted by molar-refractivity contribution is 5.87. The third-order valence-electron chi connectivity index (χ3n) is 3.87. The van der Waals surface area contributed by atoms with Crippen molar-refractivity contribution in [2.24, 2.45) is 0 Å². The first-order chi connectivity index (χ1) is 9.59. The predicted octanol–water partition coefficient (Wildman–Crippen LogP) is 1.95. The van der Waals surface area contributed by atoms with Gasteiger partial charge in [-0.25, -0.2) is 4.79 Å². The second-order valence-corrected chi connectivity index (χ2v) is 5.59. The molecule has 1 fully saturated rings. The monoisotopic (exact) mass is 278 g/mol. The molecule has 0 atom stereocenters. The molecular formula is C15H22N2O3. The van der Waals surface area contributed by atoms with Crippen LogP contribution in [-0.2, 0) is 6.54 Å². The number of nitrogens with zero attached hydrogens (tertiary/aromatic N) is 1. The fourth-order valence-corrected chi connectivity index (χ4v) is 2.64. The highest BCUT2D eigenvalue weighted by Gasteiger charge is 2.27. The number of aliphatic hydroxyl groups is 1. The number of carboxylic acids is 1. The number of carboxylic acid groups (broad SMARTS) is 1. The summed E-state index contributed by atoms with van der Waals surface area (Å²) in [5.74, 6) is -0.968. The van der Waals surface area contributed by atoms with Crippen LogP contribution in [0.4, 0.5) is 0 Å². The number of hydrogen-bond donors (Lipinski definition) is 3. The molecule has 20 heavy (non-hydrogen) atoms. The van der Waals surface area contributed by atoms with Gasteiger partial charge in [0.2, 0.25) is 0 Å². The van der Waals surface area contributed by atoms with Crippen LogP contribution in [0.2, 0.25) is 0 Å². The summed E-state index contributed by atoms with van der Waals surface area (Å²) in [5, 5.41) is 22.5. The van der Waals surface area contributed by atoms with Crippen molar-refractivity contribution in [1.29, 1.82) is 0 Å². The third kappa shape index (κ3) is 4.28. The second kappa shape index (κ2) is 6.81. The summed E-state index contributed by atoms with van der Waals surface area (Å²) in [5.41, 5.74) is 0.376. The Morgan fingerprint density at radius 2 is 1.95 bits per heavy atom. The van der Waals surface area contributed by atoms with Gasteiger partial charge in [-0.1, -0.05) is 25.7 Å². The molecular weight excluding hydrogens is 256 g/mol. The Kier molecular flexibility index (Phi) is 5.09. The van der Waals surface area contributed by atoms with Gasteiger partial charge >= 0.3 is 5.97 Å². The van der Waals surface area contributed by atoms with Crippen molar-refractivity contribution in [3.8, 4) is 0 Å². The first kappa shape index (κ1) is 14.9. The van der Waals surface area contributed by atoms with Crippen LogP contribution >= 0.6 is 0 Å². The molecule has 2 rings (SSSR count). The molecule has 1 aliphatic carbocycles. The van der Waals surface area contributed by atoms with Crippen molar-refractivity contribution < 1.29 is 15.0 Å². The van der Waals surface area contributed by atoms with Gasteiger partial charge in [-0.15, -0.1) is 0 Å². The minimum Gasteiger partial charge on any atom is -0.478 e. The van der Waals surface area contributed by atoms with Crippen LogP contribution in [0.3, 0.4) is 0 Å². The molecule has 0 saturated heterocycles. The van der Waals surface area contributed by atoms with E-state index in [2.05, 4.69) is 10.3 Å². The van der Waals surface area contributed by atoms with Crippen LogP contribution in [0.15, 0.2) is 18.3 Å². The maximum absolute atomic E-state index is 10.7. The van der Waals surface area contributed by atoms with Crippen LogP contribution in [-0.4, -0.2) is 33.3 Å². The van der Waals surface area contributed by atoms with E-state index in [1.54, 1.807) is 12.1 Å². The predicted molar refractivity (Wildman–Crippen MR) is 75.6 cm³/mol. The van der Waals surface area contributed by atoms with E-state index in [1.807, 2.05) is 0 Å². The number of pyridine rings is 1. The molecule has 0 unspecified atom stereocenters. The standard InChI is InChI=1S/C15H22N2O3/c18-14(19)12-5-6-13(17-9-12)10-16-11-15(20)7-3-1-2-4-8-15/h5-6,9,16,20H,1-4,7-8,10-11H2,(H,18,19). The van der Waals surface area contributed by atoms with Crippen molar-refractivity contribution in [2.75, 3.05) is 6.54 Å². The van der Waals surface area contributed by atoms with Gasteiger partial charge in [0.15, 0.2) is 0 Å². The quantitative estimate of drug-likeness (QED) is 0.717. The molecule has 5 heteroatoms. The fraction of sp³-hybridized carbons (Fsp3) is 0.600. The molecule has 0 spiro atoms. The lowest BCUT2D eigenvalue weighted by molar-refractivity contribution is 0.0250. The minimum atomic E-state index is -0.968. The Bertz CT molecular complexity index is 437. The number of hydrogen-bond acceptors (Lipinski definition) is 4. The topological polar surface area (TPSA) is 82.5 Å². The molecule has 5 nitrogen and oxygen atoms in total. The zero-order valence-corrected chi connectivity index (χ0v) is 11.6. The van der Waals surface area contributed by atoms with Gasteiger partial charge < -0.3 is 15.5 Å². The van der Waals surface area contributed by atoms with E-state index >= 15 is 0 Å². The maximum Gasteiger partial charge on any atom is 0.337 e. The highest BCUT2D eigenvalue weighted by atomic mass is 16.4. The molecule has 0 amide bonds. The molecule has 1 aromatic heterocycles. The van der Waals surface area contributed by atoms with Crippen molar-refractivity contribution in [3.05, 3.63) is 29.6 Å². The van der Waals surface area contributed by atoms with Crippen LogP contribution < -0.4 is 5.32 Å². The lowest BCUT2D eigenvalue weighted by Crippen LogP contribution is -2.40. The SMILES string of the molecule is O=C(O)c1ccc(CNCC2(O)CCCCCC2)nc1. The van der Waals surface area contributed by atoms with E-state index in [1.165, 1.54) is 19.0 Å². The number of carbonyl (C=O) groups is 1. The highest BCUT2D eigenvalue weighted by Crippen LogP contribution is 2.26. The fourth-order valence-electron chi connectivity index (χ4n) is 2.64. The Balaban J connectivity index is 1.81. The first-order valence-electron chi connectivity index (χ1n) is 7.20. The van der Waals surface area contributed by atoms with Gasteiger partial charge in [-0.2, -0.15) is 0 Å². The Hall–Kier alpha value is -1.46. The largest absolute Gasteiger partial charge is 0.478 e. The van der Waals surface area contributed by atoms with Gasteiger partial charge in [-0.3, -0.25) is 4.98 Å². The average molecular weight is 278 g/mol. The normalized spacial score (nSPS) is 18.4. The van der Waals surface area contributed by atoms with Crippen molar-refractivity contribution in [1.82, 2.24) is 10.3 Å². The van der Waals surface area contributed by atoms with E-state index in [4.69, 9.17) is 5.11 Å². The Morgan fingerprint density at radius 1 is 1.25 bits per heavy atom. The van der Waals surface area contributed by atoms with E-state index in [0.717, 1.165) is 31.4 Å². The van der Waals surface area contributed by atoms with Crippen molar-refractivity contribution in [3.63, 3.8) is 0 Å². The number of rotatable bonds is 5. The number of aromatic carboxylic acids is 1. The maximum atomic E-state index is 10.7. The summed E-state index contributed by atoms with van der Waals surface area (Å²) in [7, 11) is 0. The van der Waals surface area contributed by atoms with Gasteiger partial charge in [0.05, 0.1) is 16.9 Å². The third-order valence-corrected chi connectivity index (χ3v) is 3.87. The van der Waals surface area contributed by atoms with Crippen LogP contribution in [0, 0.1) is 0 Å². The van der Waals surface area contributed by atoms with Crippen molar-refractivity contribution >= 4 is 5.97 Å². The smallest absolute Gasteiger partial charge is 0.337 e. The van der Waals surface area contributed by atoms with E-state index in [0.29, 0.717) is 13.1 Å². The molecule has 0 bridgehead atoms. The summed E-state index contributed by atoms with van der Waals surface area (Å²) in [6.07, 6.45) is 7.66. The second-order valence-electron chi connectivity index (χ2n) is 5.59. The van der Waals surface area contributed by atoms with Crippen LogP contribution in [0.1, 0.15) is 54.6 Å². The molecule has 1 heterocycles. The van der Waals surface area contributed by atoms with Gasteiger partial charge in [0.1, 0.15) is 0 Å². The summed E-state index contributed by atoms with van der Waals surface area (Å²) in [6.45, 7) is 1.11. The molecule has 110 valence electrons. The summed E-state index contributed by atoms with van der Waals surface area (Å²) >= 11 is 0. The van der Waals surface area contributed by atoms with Gasteiger partial charge in [0.25, 0.3) is 0 Å². The zero-order valence-electron chi connectivity index (χ0n) is 11.6. The molecule has 1 saturated carbocycles. The van der Waals surface area contributed by atoms with E-state index in [9.17, 15) is 9.90 Å². The molecule has 0 aromatic carbocycles. The lowest BCUT2D eigenvalue weighted by atomic mass is 9.94. The van der Waals surface area contributed by atoms with E-state index < -0.39 is 11.6 Å². The van der Waals surface area contributed by atoms with Crippen LogP contribution in [0.5, 0.6) is 0 Å². The Morgan fingerprint density at radius 3 is 2.50 bits per heavy atom. The Labute approximate surface area is 119 Å². The molecule has 1 aromatic rings. The molecule has 0 aliphatic heterocycles. The summed E-state index contributed by atoms with van der Waals surface area (Å²) in [6, 6.07) is 3.25. The van der Waals surface area contributed by atoms with Crippen molar-refractivity contribution in [2.45, 2.75) is 50.7 Å². The average Bonchev–Trinajstić information content (AvgIpc) is 2.64.